The first kappa shape index (κ1) is 27.2. The van der Waals surface area contributed by atoms with Crippen LogP contribution in [0.3, 0.4) is 0 Å². The van der Waals surface area contributed by atoms with Crippen molar-refractivity contribution in [3.8, 4) is 0 Å². The van der Waals surface area contributed by atoms with Gasteiger partial charge in [-0.2, -0.15) is 13.2 Å². The molecule has 1 aromatic heterocycles. The fraction of sp³-hybridized carbons (Fsp3) is 0.364. The summed E-state index contributed by atoms with van der Waals surface area (Å²) in [6, 6.07) is 2.96. The van der Waals surface area contributed by atoms with Crippen molar-refractivity contribution in [1.29, 1.82) is 0 Å². The number of alkyl halides is 3. The zero-order chi connectivity index (χ0) is 25.7. The average Bonchev–Trinajstić information content (AvgIpc) is 2.72. The Morgan fingerprint density at radius 1 is 1.18 bits per heavy atom. The number of pyridine rings is 1. The Kier molecular flexibility index (Phi) is 8.76. The largest absolute Gasteiger partial charge is 0.433 e. The molecule has 1 heterocycles. The van der Waals surface area contributed by atoms with Gasteiger partial charge < -0.3 is 5.32 Å². The Balaban J connectivity index is 2.18. The van der Waals surface area contributed by atoms with Crippen molar-refractivity contribution in [2.75, 3.05) is 11.0 Å². The zero-order valence-corrected chi connectivity index (χ0v) is 19.4. The molecular formula is C22H24F5N3O3S. The van der Waals surface area contributed by atoms with E-state index >= 15 is 0 Å². The second-order valence-electron chi connectivity index (χ2n) is 7.63. The molecule has 2 rings (SSSR count). The van der Waals surface area contributed by atoms with Crippen molar-refractivity contribution in [2.45, 2.75) is 45.3 Å². The maximum Gasteiger partial charge on any atom is 0.433 e. The van der Waals surface area contributed by atoms with Gasteiger partial charge in [-0.15, -0.1) is 0 Å². The highest BCUT2D eigenvalue weighted by molar-refractivity contribution is 7.92. The van der Waals surface area contributed by atoms with E-state index in [1.165, 1.54) is 19.1 Å². The van der Waals surface area contributed by atoms with Gasteiger partial charge >= 0.3 is 6.18 Å². The first-order valence-corrected chi connectivity index (χ1v) is 12.1. The number of benzene rings is 1. The normalized spacial score (nSPS) is 13.2. The quantitative estimate of drug-likeness (QED) is 0.372. The number of nitrogens with zero attached hydrogens (tertiary/aromatic N) is 1. The van der Waals surface area contributed by atoms with E-state index in [0.717, 1.165) is 37.0 Å². The molecule has 186 valence electrons. The minimum atomic E-state index is -4.59. The minimum Gasteiger partial charge on any atom is -0.346 e. The molecule has 34 heavy (non-hydrogen) atoms. The number of halogens is 5. The lowest BCUT2D eigenvalue weighted by molar-refractivity contribution is -0.141. The Bertz CT molecular complexity index is 1160. The molecule has 1 aromatic carbocycles. The Labute approximate surface area is 194 Å². The summed E-state index contributed by atoms with van der Waals surface area (Å²) in [7, 11) is -3.90. The van der Waals surface area contributed by atoms with Crippen LogP contribution in [0.4, 0.5) is 27.6 Å². The average molecular weight is 506 g/mol. The molecule has 0 radical (unpaired) electrons. The van der Waals surface area contributed by atoms with Gasteiger partial charge in [0.05, 0.1) is 12.3 Å². The highest BCUT2D eigenvalue weighted by Gasteiger charge is 2.32. The molecule has 0 aliphatic heterocycles. The third-order valence-corrected chi connectivity index (χ3v) is 5.27. The van der Waals surface area contributed by atoms with E-state index in [1.807, 2.05) is 6.92 Å². The number of nitrogens with one attached hydrogen (secondary N) is 2. The highest BCUT2D eigenvalue weighted by Crippen LogP contribution is 2.29. The van der Waals surface area contributed by atoms with Crippen LogP contribution in [-0.4, -0.2) is 25.6 Å². The SMILES string of the molecule is CCCCc1nc(C(F)(F)F)ccc1C=CC(=O)NC(C)c1cc(F)c(NS(C)(=O)=O)c(F)c1. The van der Waals surface area contributed by atoms with Gasteiger partial charge in [-0.3, -0.25) is 9.52 Å². The molecule has 0 aliphatic rings. The van der Waals surface area contributed by atoms with Crippen molar-refractivity contribution in [3.63, 3.8) is 0 Å². The lowest BCUT2D eigenvalue weighted by Crippen LogP contribution is -2.25. The topological polar surface area (TPSA) is 88.2 Å². The molecule has 0 aliphatic carbocycles. The van der Waals surface area contributed by atoms with Crippen LogP contribution in [0.15, 0.2) is 30.3 Å². The summed E-state index contributed by atoms with van der Waals surface area (Å²) in [4.78, 5) is 16.0. The summed E-state index contributed by atoms with van der Waals surface area (Å²) in [5.74, 6) is -2.98. The van der Waals surface area contributed by atoms with Crippen LogP contribution < -0.4 is 10.0 Å². The van der Waals surface area contributed by atoms with Gasteiger partial charge in [-0.1, -0.05) is 19.4 Å². The predicted octanol–water partition coefficient (Wildman–Crippen LogP) is 4.98. The fourth-order valence-corrected chi connectivity index (χ4v) is 3.57. The zero-order valence-electron chi connectivity index (χ0n) is 18.6. The van der Waals surface area contributed by atoms with Crippen molar-refractivity contribution in [1.82, 2.24) is 10.3 Å². The lowest BCUT2D eigenvalue weighted by atomic mass is 10.1. The first-order chi connectivity index (χ1) is 15.7. The number of unbranched alkanes of at least 4 members (excludes halogenated alkanes) is 1. The van der Waals surface area contributed by atoms with Crippen LogP contribution in [0.5, 0.6) is 0 Å². The van der Waals surface area contributed by atoms with Crippen molar-refractivity contribution >= 4 is 27.7 Å². The maximum atomic E-state index is 14.2. The molecule has 1 amide bonds. The van der Waals surface area contributed by atoms with Gasteiger partial charge in [-0.25, -0.2) is 22.2 Å². The lowest BCUT2D eigenvalue weighted by Gasteiger charge is -2.15. The van der Waals surface area contributed by atoms with E-state index in [-0.39, 0.29) is 11.3 Å². The number of hydrogen-bond acceptors (Lipinski definition) is 4. The molecular weight excluding hydrogens is 481 g/mol. The number of anilines is 1. The standard InChI is InChI=1S/C22H24F5N3O3S/c1-4-5-6-18-14(7-9-19(29-18)22(25,26)27)8-10-20(31)28-13(2)15-11-16(23)21(17(24)12-15)30-34(3,32)33/h7-13,30H,4-6H2,1-3H3,(H,28,31). The van der Waals surface area contributed by atoms with Crippen molar-refractivity contribution < 1.29 is 35.2 Å². The maximum absolute atomic E-state index is 14.2. The summed E-state index contributed by atoms with van der Waals surface area (Å²) in [5, 5.41) is 2.49. The Morgan fingerprint density at radius 2 is 1.79 bits per heavy atom. The molecule has 12 heteroatoms. The summed E-state index contributed by atoms with van der Waals surface area (Å²) in [6.07, 6.45) is 0.208. The van der Waals surface area contributed by atoms with E-state index in [0.29, 0.717) is 18.4 Å². The van der Waals surface area contributed by atoms with Gasteiger partial charge in [-0.05, 0) is 55.2 Å². The number of aromatic nitrogens is 1. The van der Waals surface area contributed by atoms with Gasteiger partial charge in [0.2, 0.25) is 15.9 Å². The molecule has 2 aromatic rings. The number of hydrogen-bond donors (Lipinski definition) is 2. The molecule has 0 fully saturated rings. The second kappa shape index (κ2) is 10.9. The number of amides is 1. The van der Waals surface area contributed by atoms with Crippen LogP contribution in [0.25, 0.3) is 6.08 Å². The van der Waals surface area contributed by atoms with E-state index in [9.17, 15) is 35.2 Å². The van der Waals surface area contributed by atoms with Crippen LogP contribution >= 0.6 is 0 Å². The molecule has 0 bridgehead atoms. The second-order valence-corrected chi connectivity index (χ2v) is 9.38. The molecule has 0 saturated carbocycles. The number of carbonyl (C=O) groups is 1. The van der Waals surface area contributed by atoms with Crippen LogP contribution in [0.2, 0.25) is 0 Å². The van der Waals surface area contributed by atoms with Gasteiger partial charge in [0.25, 0.3) is 0 Å². The molecule has 2 N–H and O–H groups in total. The van der Waals surface area contributed by atoms with E-state index < -0.39 is 51.2 Å². The third kappa shape index (κ3) is 7.79. The summed E-state index contributed by atoms with van der Waals surface area (Å²) in [5.41, 5.74) is -1.27. The molecule has 1 atom stereocenters. The van der Waals surface area contributed by atoms with Gasteiger partial charge in [0, 0.05) is 11.8 Å². The van der Waals surface area contributed by atoms with Gasteiger partial charge in [0.1, 0.15) is 11.4 Å². The summed E-state index contributed by atoms with van der Waals surface area (Å²) < 4.78 is 91.5. The van der Waals surface area contributed by atoms with E-state index in [2.05, 4.69) is 10.3 Å². The van der Waals surface area contributed by atoms with E-state index in [1.54, 1.807) is 4.72 Å². The van der Waals surface area contributed by atoms with Crippen LogP contribution in [0, 0.1) is 11.6 Å². The monoisotopic (exact) mass is 505 g/mol. The third-order valence-electron chi connectivity index (χ3n) is 4.69. The Hall–Kier alpha value is -3.02. The Morgan fingerprint density at radius 3 is 2.32 bits per heavy atom. The molecule has 0 spiro atoms. The number of aryl methyl sites for hydroxylation is 1. The smallest absolute Gasteiger partial charge is 0.346 e. The van der Waals surface area contributed by atoms with Crippen molar-refractivity contribution in [3.05, 3.63) is 64.5 Å². The molecule has 6 nitrogen and oxygen atoms in total. The van der Waals surface area contributed by atoms with E-state index in [4.69, 9.17) is 0 Å². The molecule has 0 saturated heterocycles. The summed E-state index contributed by atoms with van der Waals surface area (Å²) >= 11 is 0. The number of sulfonamides is 1. The van der Waals surface area contributed by atoms with Crippen LogP contribution in [-0.2, 0) is 27.4 Å². The minimum absolute atomic E-state index is 0.0376. The summed E-state index contributed by atoms with van der Waals surface area (Å²) in [6.45, 7) is 3.34. The first-order valence-electron chi connectivity index (χ1n) is 10.2. The van der Waals surface area contributed by atoms with Crippen LogP contribution in [0.1, 0.15) is 55.2 Å². The predicted molar refractivity (Wildman–Crippen MR) is 118 cm³/mol. The van der Waals surface area contributed by atoms with Gasteiger partial charge in [0.15, 0.2) is 11.6 Å². The highest BCUT2D eigenvalue weighted by atomic mass is 32.2. The molecule has 1 unspecified atom stereocenters. The fourth-order valence-electron chi connectivity index (χ4n) is 3.00. The van der Waals surface area contributed by atoms with Crippen molar-refractivity contribution in [2.24, 2.45) is 0 Å². The number of carbonyl (C=O) groups excluding carboxylic acids is 1. The number of rotatable bonds is 9.